The summed E-state index contributed by atoms with van der Waals surface area (Å²) in [4.78, 5) is 11.9. The van der Waals surface area contributed by atoms with Crippen LogP contribution < -0.4 is 11.1 Å². The number of rotatable bonds is 4. The van der Waals surface area contributed by atoms with Gasteiger partial charge in [-0.15, -0.1) is 6.42 Å². The fourth-order valence-electron chi connectivity index (χ4n) is 1.46. The number of nitrogens with one attached hydrogen (secondary N) is 1. The largest absolute Gasteiger partial charge is 0.397 e. The predicted octanol–water partition coefficient (Wildman–Crippen LogP) is 2.45. The lowest BCUT2D eigenvalue weighted by atomic mass is 10.1. The topological polar surface area (TPSA) is 55.1 Å². The van der Waals surface area contributed by atoms with Gasteiger partial charge in [-0.05, 0) is 18.6 Å². The molecule has 1 unspecified atom stereocenters. The standard InChI is InChI=1S/C13H15ClN2O/c1-3-6-9(4-2)16-13(17)10-7-5-8-11(14)12(10)15/h2,5,7-9H,3,6,15H2,1H3,(H,16,17). The molecule has 0 saturated carbocycles. The Balaban J connectivity index is 2.83. The smallest absolute Gasteiger partial charge is 0.254 e. The Kier molecular flexibility index (Phi) is 4.86. The van der Waals surface area contributed by atoms with E-state index in [1.807, 2.05) is 6.92 Å². The Hall–Kier alpha value is -1.66. The minimum Gasteiger partial charge on any atom is -0.397 e. The van der Waals surface area contributed by atoms with Gasteiger partial charge in [0.25, 0.3) is 5.91 Å². The van der Waals surface area contributed by atoms with E-state index in [1.165, 1.54) is 0 Å². The summed E-state index contributed by atoms with van der Waals surface area (Å²) in [5.41, 5.74) is 6.36. The van der Waals surface area contributed by atoms with Crippen molar-refractivity contribution in [3.8, 4) is 12.3 Å². The first-order valence-electron chi connectivity index (χ1n) is 5.41. The number of carbonyl (C=O) groups is 1. The predicted molar refractivity (Wildman–Crippen MR) is 70.9 cm³/mol. The summed E-state index contributed by atoms with van der Waals surface area (Å²) in [6, 6.07) is 4.66. The molecule has 0 aromatic heterocycles. The molecule has 0 spiro atoms. The normalized spacial score (nSPS) is 11.6. The number of nitrogen functional groups attached to an aromatic ring is 1. The van der Waals surface area contributed by atoms with Crippen LogP contribution in [0.4, 0.5) is 5.69 Å². The minimum atomic E-state index is -0.290. The summed E-state index contributed by atoms with van der Waals surface area (Å²) >= 11 is 5.84. The van der Waals surface area contributed by atoms with Gasteiger partial charge in [0, 0.05) is 0 Å². The second-order valence-electron chi connectivity index (χ2n) is 3.68. The third-order valence-corrected chi connectivity index (χ3v) is 2.71. The Morgan fingerprint density at radius 3 is 2.94 bits per heavy atom. The lowest BCUT2D eigenvalue weighted by molar-refractivity contribution is 0.0945. The highest BCUT2D eigenvalue weighted by Crippen LogP contribution is 2.22. The number of hydrogen-bond acceptors (Lipinski definition) is 2. The molecular formula is C13H15ClN2O. The number of nitrogens with two attached hydrogens (primary N) is 1. The molecule has 17 heavy (non-hydrogen) atoms. The van der Waals surface area contributed by atoms with Crippen molar-refractivity contribution >= 4 is 23.2 Å². The molecule has 0 bridgehead atoms. The molecule has 90 valence electrons. The van der Waals surface area contributed by atoms with Crippen molar-refractivity contribution in [1.29, 1.82) is 0 Å². The van der Waals surface area contributed by atoms with Crippen LogP contribution in [0.2, 0.25) is 5.02 Å². The fraction of sp³-hybridized carbons (Fsp3) is 0.308. The highest BCUT2D eigenvalue weighted by atomic mass is 35.5. The van der Waals surface area contributed by atoms with Gasteiger partial charge < -0.3 is 11.1 Å². The molecule has 0 fully saturated rings. The molecular weight excluding hydrogens is 236 g/mol. The molecule has 0 aliphatic carbocycles. The van der Waals surface area contributed by atoms with E-state index in [1.54, 1.807) is 18.2 Å². The van der Waals surface area contributed by atoms with Crippen LogP contribution in [0.5, 0.6) is 0 Å². The van der Waals surface area contributed by atoms with Gasteiger partial charge in [0.05, 0.1) is 22.3 Å². The molecule has 0 aliphatic rings. The van der Waals surface area contributed by atoms with E-state index >= 15 is 0 Å². The summed E-state index contributed by atoms with van der Waals surface area (Å²) in [5, 5.41) is 3.10. The summed E-state index contributed by atoms with van der Waals surface area (Å²) in [6.45, 7) is 2.00. The zero-order valence-corrected chi connectivity index (χ0v) is 10.4. The summed E-state index contributed by atoms with van der Waals surface area (Å²) in [7, 11) is 0. The van der Waals surface area contributed by atoms with Crippen LogP contribution in [0.25, 0.3) is 0 Å². The first-order chi connectivity index (χ1) is 8.10. The number of terminal acetylenes is 1. The highest BCUT2D eigenvalue weighted by Gasteiger charge is 2.14. The van der Waals surface area contributed by atoms with Crippen molar-refractivity contribution in [2.24, 2.45) is 0 Å². The molecule has 0 radical (unpaired) electrons. The van der Waals surface area contributed by atoms with Gasteiger partial charge in [-0.3, -0.25) is 4.79 Å². The molecule has 0 aliphatic heterocycles. The molecule has 0 heterocycles. The average Bonchev–Trinajstić information content (AvgIpc) is 2.31. The van der Waals surface area contributed by atoms with E-state index < -0.39 is 0 Å². The number of carbonyl (C=O) groups excluding carboxylic acids is 1. The van der Waals surface area contributed by atoms with Crippen molar-refractivity contribution in [2.75, 3.05) is 5.73 Å². The fourth-order valence-corrected chi connectivity index (χ4v) is 1.63. The molecule has 1 rings (SSSR count). The van der Waals surface area contributed by atoms with Crippen LogP contribution in [0, 0.1) is 12.3 Å². The lowest BCUT2D eigenvalue weighted by Crippen LogP contribution is -2.34. The van der Waals surface area contributed by atoms with Crippen molar-refractivity contribution in [3.63, 3.8) is 0 Å². The lowest BCUT2D eigenvalue weighted by Gasteiger charge is -2.13. The third kappa shape index (κ3) is 3.40. The first-order valence-corrected chi connectivity index (χ1v) is 5.79. The van der Waals surface area contributed by atoms with Crippen LogP contribution >= 0.6 is 11.6 Å². The maximum Gasteiger partial charge on any atom is 0.254 e. The van der Waals surface area contributed by atoms with Crippen molar-refractivity contribution in [2.45, 2.75) is 25.8 Å². The van der Waals surface area contributed by atoms with Crippen LogP contribution in [0.3, 0.4) is 0 Å². The number of benzene rings is 1. The molecule has 1 aromatic carbocycles. The monoisotopic (exact) mass is 250 g/mol. The Morgan fingerprint density at radius 2 is 2.35 bits per heavy atom. The number of amides is 1. The van der Waals surface area contributed by atoms with Gasteiger partial charge in [-0.2, -0.15) is 0 Å². The molecule has 1 atom stereocenters. The van der Waals surface area contributed by atoms with Crippen LogP contribution in [-0.4, -0.2) is 11.9 Å². The molecule has 3 nitrogen and oxygen atoms in total. The highest BCUT2D eigenvalue weighted by molar-refractivity contribution is 6.33. The maximum atomic E-state index is 11.9. The maximum absolute atomic E-state index is 11.9. The minimum absolute atomic E-state index is 0.272. The quantitative estimate of drug-likeness (QED) is 0.637. The molecule has 1 amide bonds. The average molecular weight is 251 g/mol. The van der Waals surface area contributed by atoms with Crippen LogP contribution in [0.1, 0.15) is 30.1 Å². The van der Waals surface area contributed by atoms with E-state index in [2.05, 4.69) is 11.2 Å². The van der Waals surface area contributed by atoms with E-state index in [4.69, 9.17) is 23.8 Å². The second kappa shape index (κ2) is 6.17. The first kappa shape index (κ1) is 13.4. The van der Waals surface area contributed by atoms with Gasteiger partial charge in [0.1, 0.15) is 0 Å². The Morgan fingerprint density at radius 1 is 1.65 bits per heavy atom. The van der Waals surface area contributed by atoms with E-state index in [-0.39, 0.29) is 17.6 Å². The van der Waals surface area contributed by atoms with Crippen molar-refractivity contribution < 1.29 is 4.79 Å². The summed E-state index contributed by atoms with van der Waals surface area (Å²) in [5.74, 6) is 2.24. The third-order valence-electron chi connectivity index (χ3n) is 2.38. The summed E-state index contributed by atoms with van der Waals surface area (Å²) in [6.07, 6.45) is 6.97. The van der Waals surface area contributed by atoms with E-state index in [0.29, 0.717) is 10.6 Å². The zero-order valence-electron chi connectivity index (χ0n) is 9.66. The molecule has 0 saturated heterocycles. The Bertz CT molecular complexity index is 451. The van der Waals surface area contributed by atoms with Crippen molar-refractivity contribution in [1.82, 2.24) is 5.32 Å². The van der Waals surface area contributed by atoms with E-state index in [0.717, 1.165) is 12.8 Å². The van der Waals surface area contributed by atoms with Crippen LogP contribution in [0.15, 0.2) is 18.2 Å². The van der Waals surface area contributed by atoms with E-state index in [9.17, 15) is 4.79 Å². The summed E-state index contributed by atoms with van der Waals surface area (Å²) < 4.78 is 0. The van der Waals surface area contributed by atoms with Gasteiger partial charge in [-0.1, -0.05) is 36.9 Å². The molecule has 1 aromatic rings. The Labute approximate surface area is 106 Å². The SMILES string of the molecule is C#CC(CCC)NC(=O)c1cccc(Cl)c1N. The second-order valence-corrected chi connectivity index (χ2v) is 4.09. The van der Waals surface area contributed by atoms with Gasteiger partial charge in [0.15, 0.2) is 0 Å². The molecule has 3 N–H and O–H groups in total. The van der Waals surface area contributed by atoms with Gasteiger partial charge in [0.2, 0.25) is 0 Å². The number of anilines is 1. The number of halogens is 1. The number of hydrogen-bond donors (Lipinski definition) is 2. The van der Waals surface area contributed by atoms with Gasteiger partial charge in [-0.25, -0.2) is 0 Å². The van der Waals surface area contributed by atoms with Gasteiger partial charge >= 0.3 is 0 Å². The zero-order chi connectivity index (χ0) is 12.8. The number of para-hydroxylation sites is 1. The molecule has 4 heteroatoms. The van der Waals surface area contributed by atoms with Crippen molar-refractivity contribution in [3.05, 3.63) is 28.8 Å². The van der Waals surface area contributed by atoms with Crippen LogP contribution in [-0.2, 0) is 0 Å².